The van der Waals surface area contributed by atoms with Crippen LogP contribution < -0.4 is 10.2 Å². The van der Waals surface area contributed by atoms with Crippen LogP contribution >= 0.6 is 0 Å². The number of hydrogen-bond acceptors (Lipinski definition) is 2. The number of rotatable bonds is 6. The minimum atomic E-state index is 0.00423. The summed E-state index contributed by atoms with van der Waals surface area (Å²) in [6.07, 6.45) is 3.93. The molecule has 1 aromatic carbocycles. The Morgan fingerprint density at radius 2 is 1.85 bits per heavy atom. The molecule has 1 amide bonds. The van der Waals surface area contributed by atoms with E-state index in [1.807, 2.05) is 4.90 Å². The van der Waals surface area contributed by atoms with Crippen LogP contribution in [-0.4, -0.2) is 25.0 Å². The van der Waals surface area contributed by atoms with Gasteiger partial charge in [-0.15, -0.1) is 0 Å². The topological polar surface area (TPSA) is 32.3 Å². The highest BCUT2D eigenvalue weighted by molar-refractivity contribution is 6.00. The monoisotopic (exact) mass is 274 g/mol. The molecule has 1 saturated heterocycles. The Labute approximate surface area is 122 Å². The van der Waals surface area contributed by atoms with Gasteiger partial charge in [0.1, 0.15) is 0 Å². The fraction of sp³-hybridized carbons (Fsp3) is 0.588. The number of nitrogens with one attached hydrogen (secondary N) is 1. The third-order valence-electron chi connectivity index (χ3n) is 4.08. The van der Waals surface area contributed by atoms with Crippen molar-refractivity contribution in [3.63, 3.8) is 0 Å². The molecule has 0 bridgehead atoms. The molecule has 3 heteroatoms. The number of hydrogen-bond donors (Lipinski definition) is 1. The summed E-state index contributed by atoms with van der Waals surface area (Å²) in [5.74, 6) is 0.244. The Bertz CT molecular complexity index is 448. The summed E-state index contributed by atoms with van der Waals surface area (Å²) < 4.78 is 0. The molecule has 110 valence electrons. The van der Waals surface area contributed by atoms with Gasteiger partial charge in [-0.1, -0.05) is 39.0 Å². The first kappa shape index (κ1) is 15.0. The molecule has 1 aliphatic heterocycles. The third kappa shape index (κ3) is 2.88. The molecule has 1 aliphatic rings. The van der Waals surface area contributed by atoms with Crippen LogP contribution in [-0.2, 0) is 17.6 Å². The van der Waals surface area contributed by atoms with Crippen LogP contribution in [0.4, 0.5) is 5.69 Å². The quantitative estimate of drug-likeness (QED) is 0.865. The molecular formula is C17H26N2O. The largest absolute Gasteiger partial charge is 0.310 e. The lowest BCUT2D eigenvalue weighted by molar-refractivity contribution is -0.118. The smallest absolute Gasteiger partial charge is 0.244 e. The maximum Gasteiger partial charge on any atom is 0.244 e. The number of carbonyl (C=O) groups excluding carboxylic acids is 1. The van der Waals surface area contributed by atoms with Crippen LogP contribution in [0.3, 0.4) is 0 Å². The van der Waals surface area contributed by atoms with E-state index >= 15 is 0 Å². The van der Waals surface area contributed by atoms with E-state index in [0.29, 0.717) is 0 Å². The fourth-order valence-corrected chi connectivity index (χ4v) is 2.97. The lowest BCUT2D eigenvalue weighted by Gasteiger charge is -2.23. The van der Waals surface area contributed by atoms with Crippen LogP contribution in [0.25, 0.3) is 0 Å². The van der Waals surface area contributed by atoms with Crippen molar-refractivity contribution in [2.45, 2.75) is 52.5 Å². The molecule has 20 heavy (non-hydrogen) atoms. The Hall–Kier alpha value is -1.35. The lowest BCUT2D eigenvalue weighted by Crippen LogP contribution is -2.39. The minimum Gasteiger partial charge on any atom is -0.310 e. The van der Waals surface area contributed by atoms with Crippen molar-refractivity contribution in [3.05, 3.63) is 29.3 Å². The molecule has 1 N–H and O–H groups in total. The Morgan fingerprint density at radius 3 is 2.40 bits per heavy atom. The summed E-state index contributed by atoms with van der Waals surface area (Å²) in [6.45, 7) is 8.20. The highest BCUT2D eigenvalue weighted by atomic mass is 16.2. The van der Waals surface area contributed by atoms with Crippen LogP contribution in [0, 0.1) is 0 Å². The highest BCUT2D eigenvalue weighted by Crippen LogP contribution is 2.30. The number of para-hydroxylation sites is 1. The lowest BCUT2D eigenvalue weighted by atomic mass is 10.0. The van der Waals surface area contributed by atoms with Gasteiger partial charge in [0.15, 0.2) is 0 Å². The van der Waals surface area contributed by atoms with Crippen molar-refractivity contribution in [3.8, 4) is 0 Å². The van der Waals surface area contributed by atoms with Gasteiger partial charge in [0, 0.05) is 6.54 Å². The molecule has 1 unspecified atom stereocenters. The fourth-order valence-electron chi connectivity index (χ4n) is 2.97. The second-order valence-corrected chi connectivity index (χ2v) is 5.42. The normalized spacial score (nSPS) is 18.9. The Morgan fingerprint density at radius 1 is 1.20 bits per heavy atom. The molecule has 0 aromatic heterocycles. The number of nitrogens with zero attached hydrogens (tertiary/aromatic N) is 1. The van der Waals surface area contributed by atoms with Crippen molar-refractivity contribution in [1.82, 2.24) is 5.32 Å². The van der Waals surface area contributed by atoms with E-state index < -0.39 is 0 Å². The van der Waals surface area contributed by atoms with E-state index in [-0.39, 0.29) is 11.9 Å². The zero-order valence-electron chi connectivity index (χ0n) is 12.9. The molecule has 0 saturated carbocycles. The highest BCUT2D eigenvalue weighted by Gasteiger charge is 2.33. The molecule has 0 aliphatic carbocycles. The molecule has 1 fully saturated rings. The zero-order valence-corrected chi connectivity index (χ0v) is 12.9. The van der Waals surface area contributed by atoms with Crippen molar-refractivity contribution < 1.29 is 4.79 Å². The van der Waals surface area contributed by atoms with E-state index in [2.05, 4.69) is 44.3 Å². The summed E-state index contributed by atoms with van der Waals surface area (Å²) in [4.78, 5) is 14.6. The summed E-state index contributed by atoms with van der Waals surface area (Å²) in [7, 11) is 0. The molecule has 0 spiro atoms. The first-order chi connectivity index (χ1) is 9.72. The van der Waals surface area contributed by atoms with E-state index in [4.69, 9.17) is 0 Å². The molecule has 1 atom stereocenters. The van der Waals surface area contributed by atoms with E-state index in [9.17, 15) is 4.79 Å². The molecule has 0 radical (unpaired) electrons. The van der Waals surface area contributed by atoms with Crippen LogP contribution in [0.1, 0.15) is 44.7 Å². The average molecular weight is 274 g/mol. The third-order valence-corrected chi connectivity index (χ3v) is 4.08. The van der Waals surface area contributed by atoms with Gasteiger partial charge < -0.3 is 10.2 Å². The average Bonchev–Trinajstić information content (AvgIpc) is 2.84. The summed E-state index contributed by atoms with van der Waals surface area (Å²) >= 11 is 0. The number of carbonyl (C=O) groups is 1. The molecule has 1 heterocycles. The number of amides is 1. The number of aryl methyl sites for hydroxylation is 2. The Kier molecular flexibility index (Phi) is 5.18. The van der Waals surface area contributed by atoms with Crippen LogP contribution in [0.15, 0.2) is 18.2 Å². The maximum atomic E-state index is 12.6. The molecular weight excluding hydrogens is 248 g/mol. The van der Waals surface area contributed by atoms with Crippen LogP contribution in [0.5, 0.6) is 0 Å². The number of anilines is 1. The van der Waals surface area contributed by atoms with Gasteiger partial charge in [0.05, 0.1) is 11.7 Å². The van der Waals surface area contributed by atoms with Gasteiger partial charge in [-0.3, -0.25) is 4.79 Å². The maximum absolute atomic E-state index is 12.6. The van der Waals surface area contributed by atoms with Gasteiger partial charge in [-0.05, 0) is 43.4 Å². The second-order valence-electron chi connectivity index (χ2n) is 5.42. The van der Waals surface area contributed by atoms with E-state index in [0.717, 1.165) is 38.8 Å². The van der Waals surface area contributed by atoms with Crippen molar-refractivity contribution in [1.29, 1.82) is 0 Å². The van der Waals surface area contributed by atoms with Crippen molar-refractivity contribution in [2.75, 3.05) is 18.0 Å². The van der Waals surface area contributed by atoms with E-state index in [1.165, 1.54) is 16.8 Å². The predicted molar refractivity (Wildman–Crippen MR) is 84.2 cm³/mol. The summed E-state index contributed by atoms with van der Waals surface area (Å²) in [5, 5.41) is 3.36. The van der Waals surface area contributed by atoms with Gasteiger partial charge in [0.25, 0.3) is 0 Å². The standard InChI is InChI=1S/C17H26N2O/c1-4-11-18-15-10-12-19(17(15)20)16-13(5-2)8-7-9-14(16)6-3/h7-9,15,18H,4-6,10-12H2,1-3H3. The number of benzene rings is 1. The van der Waals surface area contributed by atoms with Gasteiger partial charge in [0.2, 0.25) is 5.91 Å². The van der Waals surface area contributed by atoms with E-state index in [1.54, 1.807) is 0 Å². The van der Waals surface area contributed by atoms with Crippen LogP contribution in [0.2, 0.25) is 0 Å². The molecule has 2 rings (SSSR count). The summed E-state index contributed by atoms with van der Waals surface area (Å²) in [5.41, 5.74) is 3.74. The zero-order chi connectivity index (χ0) is 14.5. The minimum absolute atomic E-state index is 0.00423. The van der Waals surface area contributed by atoms with Gasteiger partial charge >= 0.3 is 0 Å². The molecule has 1 aromatic rings. The van der Waals surface area contributed by atoms with Gasteiger partial charge in [-0.25, -0.2) is 0 Å². The summed E-state index contributed by atoms with van der Waals surface area (Å²) in [6, 6.07) is 6.40. The van der Waals surface area contributed by atoms with Gasteiger partial charge in [-0.2, -0.15) is 0 Å². The first-order valence-corrected chi connectivity index (χ1v) is 7.88. The molecule has 3 nitrogen and oxygen atoms in total. The van der Waals surface area contributed by atoms with Crippen molar-refractivity contribution in [2.24, 2.45) is 0 Å². The predicted octanol–water partition coefficient (Wildman–Crippen LogP) is 2.92. The Balaban J connectivity index is 2.26. The first-order valence-electron chi connectivity index (χ1n) is 7.88. The second kappa shape index (κ2) is 6.89. The van der Waals surface area contributed by atoms with Crippen molar-refractivity contribution >= 4 is 11.6 Å². The SMILES string of the molecule is CCCNC1CCN(c2c(CC)cccc2CC)C1=O.